The predicted octanol–water partition coefficient (Wildman–Crippen LogP) is 4.12. The molecule has 1 amide bonds. The van der Waals surface area contributed by atoms with Gasteiger partial charge in [-0.05, 0) is 35.9 Å². The number of carbonyl (C=O) groups excluding carboxylic acids is 1. The van der Waals surface area contributed by atoms with Gasteiger partial charge >= 0.3 is 0 Å². The number of H-pyrrole nitrogens is 1. The number of halogens is 2. The number of pyridine rings is 2. The Kier molecular flexibility index (Phi) is 4.58. The first-order valence-corrected chi connectivity index (χ1v) is 9.77. The highest BCUT2D eigenvalue weighted by Gasteiger charge is 2.38. The van der Waals surface area contributed by atoms with Gasteiger partial charge in [-0.25, -0.2) is 13.8 Å². The third-order valence-corrected chi connectivity index (χ3v) is 5.27. The van der Waals surface area contributed by atoms with Crippen LogP contribution in [0.15, 0.2) is 61.1 Å². The Balaban J connectivity index is 1.36. The van der Waals surface area contributed by atoms with Crippen molar-refractivity contribution in [2.75, 3.05) is 23.3 Å². The van der Waals surface area contributed by atoms with Crippen molar-refractivity contribution in [3.05, 3.63) is 66.7 Å². The molecule has 1 aliphatic heterocycles. The van der Waals surface area contributed by atoms with E-state index in [-0.39, 0.29) is 25.2 Å². The first-order chi connectivity index (χ1) is 15.0. The zero-order valence-electron chi connectivity index (χ0n) is 16.3. The summed E-state index contributed by atoms with van der Waals surface area (Å²) < 4.78 is 26.8. The lowest BCUT2D eigenvalue weighted by atomic mass is 10.0. The number of fused-ring (bicyclic) bond motifs is 1. The fourth-order valence-corrected chi connectivity index (χ4v) is 3.67. The molecule has 0 unspecified atom stereocenters. The second-order valence-corrected chi connectivity index (χ2v) is 7.46. The second-order valence-electron chi connectivity index (χ2n) is 7.46. The molecule has 9 heteroatoms. The molecule has 7 nitrogen and oxygen atoms in total. The summed E-state index contributed by atoms with van der Waals surface area (Å²) in [5, 5.41) is 10.5. The highest BCUT2D eigenvalue weighted by Crippen LogP contribution is 2.30. The number of nitrogens with one attached hydrogen (secondary N) is 2. The monoisotopic (exact) mass is 420 g/mol. The van der Waals surface area contributed by atoms with E-state index < -0.39 is 11.8 Å². The lowest BCUT2D eigenvalue weighted by Gasteiger charge is -2.17. The highest BCUT2D eigenvalue weighted by molar-refractivity contribution is 6.11. The molecule has 1 fully saturated rings. The summed E-state index contributed by atoms with van der Waals surface area (Å²) in [6.07, 6.45) is 4.73. The number of anilines is 2. The molecule has 4 heterocycles. The molecular formula is C22H18F2N6O. The number of aromatic amines is 1. The Morgan fingerprint density at radius 3 is 2.74 bits per heavy atom. The molecule has 0 radical (unpaired) electrons. The predicted molar refractivity (Wildman–Crippen MR) is 113 cm³/mol. The van der Waals surface area contributed by atoms with E-state index in [9.17, 15) is 13.6 Å². The number of nitrogens with zero attached hydrogens (tertiary/aromatic N) is 4. The molecule has 0 bridgehead atoms. The molecule has 4 aromatic rings. The third kappa shape index (κ3) is 3.81. The van der Waals surface area contributed by atoms with Crippen LogP contribution in [-0.2, 0) is 0 Å². The smallest absolute Gasteiger partial charge is 0.276 e. The Hall–Kier alpha value is -3.88. The number of amides is 1. The largest absolute Gasteiger partial charge is 0.350 e. The highest BCUT2D eigenvalue weighted by atomic mass is 19.3. The van der Waals surface area contributed by atoms with Crippen molar-refractivity contribution >= 4 is 28.3 Å². The standard InChI is InChI=1S/C22H18F2N6O/c23-22(24)7-9-30(13-22)19-6-4-16(12-26-19)27-21(31)20-17-10-14(3-5-18(17)28-29-20)15-2-1-8-25-11-15/h1-6,8,10-12H,7,9,13H2,(H,27,31)(H,28,29). The number of alkyl halides is 2. The Morgan fingerprint density at radius 2 is 2.03 bits per heavy atom. The van der Waals surface area contributed by atoms with E-state index in [1.807, 2.05) is 30.3 Å². The van der Waals surface area contributed by atoms with Gasteiger partial charge in [0.2, 0.25) is 0 Å². The Bertz CT molecular complexity index is 1240. The Morgan fingerprint density at radius 1 is 1.13 bits per heavy atom. The van der Waals surface area contributed by atoms with Crippen molar-refractivity contribution in [2.45, 2.75) is 12.3 Å². The van der Waals surface area contributed by atoms with Crippen LogP contribution in [0.5, 0.6) is 0 Å². The summed E-state index contributed by atoms with van der Waals surface area (Å²) in [5.41, 5.74) is 3.30. The molecule has 156 valence electrons. The zero-order chi connectivity index (χ0) is 21.4. The first kappa shape index (κ1) is 19.1. The maximum Gasteiger partial charge on any atom is 0.276 e. The number of benzene rings is 1. The van der Waals surface area contributed by atoms with E-state index in [0.717, 1.165) is 16.6 Å². The molecular weight excluding hydrogens is 402 g/mol. The minimum atomic E-state index is -2.69. The maximum absolute atomic E-state index is 13.4. The summed E-state index contributed by atoms with van der Waals surface area (Å²) in [7, 11) is 0. The molecule has 5 rings (SSSR count). The summed E-state index contributed by atoms with van der Waals surface area (Å²) in [5.74, 6) is -2.62. The normalized spacial score (nSPS) is 15.4. The second kappa shape index (κ2) is 7.42. The number of rotatable bonds is 4. The van der Waals surface area contributed by atoms with Crippen molar-refractivity contribution < 1.29 is 13.6 Å². The van der Waals surface area contributed by atoms with Crippen LogP contribution in [0.2, 0.25) is 0 Å². The van der Waals surface area contributed by atoms with E-state index >= 15 is 0 Å². The number of carbonyl (C=O) groups is 1. The van der Waals surface area contributed by atoms with E-state index in [4.69, 9.17) is 0 Å². The van der Waals surface area contributed by atoms with Crippen LogP contribution in [0.1, 0.15) is 16.9 Å². The van der Waals surface area contributed by atoms with Crippen LogP contribution in [-0.4, -0.2) is 45.1 Å². The van der Waals surface area contributed by atoms with Crippen LogP contribution in [0.4, 0.5) is 20.3 Å². The number of aromatic nitrogens is 4. The average Bonchev–Trinajstić information content (AvgIpc) is 3.37. The fourth-order valence-electron chi connectivity index (χ4n) is 3.67. The van der Waals surface area contributed by atoms with E-state index in [1.165, 1.54) is 11.1 Å². The minimum absolute atomic E-state index is 0.180. The van der Waals surface area contributed by atoms with E-state index in [2.05, 4.69) is 25.5 Å². The van der Waals surface area contributed by atoms with Crippen LogP contribution < -0.4 is 10.2 Å². The van der Waals surface area contributed by atoms with Crippen LogP contribution in [0.25, 0.3) is 22.0 Å². The van der Waals surface area contributed by atoms with Crippen molar-refractivity contribution in [1.82, 2.24) is 20.2 Å². The summed E-state index contributed by atoms with van der Waals surface area (Å²) in [6, 6.07) is 12.7. The molecule has 2 N–H and O–H groups in total. The van der Waals surface area contributed by atoms with Crippen LogP contribution >= 0.6 is 0 Å². The molecule has 0 spiro atoms. The van der Waals surface area contributed by atoms with Gasteiger partial charge in [0.25, 0.3) is 11.8 Å². The topological polar surface area (TPSA) is 86.8 Å². The molecule has 1 aromatic carbocycles. The quantitative estimate of drug-likeness (QED) is 0.519. The SMILES string of the molecule is O=C(Nc1ccc(N2CCC(F)(F)C2)nc1)c1n[nH]c2ccc(-c3cccnc3)cc12. The average molecular weight is 420 g/mol. The van der Waals surface area contributed by atoms with Crippen LogP contribution in [0, 0.1) is 0 Å². The third-order valence-electron chi connectivity index (χ3n) is 5.27. The number of hydrogen-bond acceptors (Lipinski definition) is 5. The first-order valence-electron chi connectivity index (χ1n) is 9.77. The molecule has 31 heavy (non-hydrogen) atoms. The van der Waals surface area contributed by atoms with Crippen molar-refractivity contribution in [3.63, 3.8) is 0 Å². The maximum atomic E-state index is 13.4. The summed E-state index contributed by atoms with van der Waals surface area (Å²) >= 11 is 0. The van der Waals surface area contributed by atoms with Gasteiger partial charge < -0.3 is 10.2 Å². The van der Waals surface area contributed by atoms with Crippen molar-refractivity contribution in [3.8, 4) is 11.1 Å². The van der Waals surface area contributed by atoms with Gasteiger partial charge in [-0.3, -0.25) is 14.9 Å². The molecule has 0 aliphatic carbocycles. The number of hydrogen-bond donors (Lipinski definition) is 2. The van der Waals surface area contributed by atoms with Gasteiger partial charge in [-0.1, -0.05) is 12.1 Å². The lowest BCUT2D eigenvalue weighted by Crippen LogP contribution is -2.25. The fraction of sp³-hybridized carbons (Fsp3) is 0.182. The molecule has 3 aromatic heterocycles. The lowest BCUT2D eigenvalue weighted by molar-refractivity contribution is 0.0256. The summed E-state index contributed by atoms with van der Waals surface area (Å²) in [4.78, 5) is 22.7. The van der Waals surface area contributed by atoms with Crippen molar-refractivity contribution in [1.29, 1.82) is 0 Å². The molecule has 0 saturated carbocycles. The van der Waals surface area contributed by atoms with Gasteiger partial charge in [0, 0.05) is 36.3 Å². The molecule has 0 atom stereocenters. The van der Waals surface area contributed by atoms with E-state index in [1.54, 1.807) is 24.5 Å². The Labute approximate surface area is 176 Å². The van der Waals surface area contributed by atoms with Crippen LogP contribution in [0.3, 0.4) is 0 Å². The van der Waals surface area contributed by atoms with E-state index in [0.29, 0.717) is 16.9 Å². The molecule has 1 aliphatic rings. The van der Waals surface area contributed by atoms with Crippen molar-refractivity contribution in [2.24, 2.45) is 0 Å². The minimum Gasteiger partial charge on any atom is -0.350 e. The van der Waals surface area contributed by atoms with Gasteiger partial charge in [-0.15, -0.1) is 0 Å². The van der Waals surface area contributed by atoms with Gasteiger partial charge in [0.15, 0.2) is 5.69 Å². The van der Waals surface area contributed by atoms with Gasteiger partial charge in [0.1, 0.15) is 5.82 Å². The van der Waals surface area contributed by atoms with Gasteiger partial charge in [0.05, 0.1) is 23.9 Å². The van der Waals surface area contributed by atoms with Gasteiger partial charge in [-0.2, -0.15) is 5.10 Å². The summed E-state index contributed by atoms with van der Waals surface area (Å²) in [6.45, 7) is -0.0888. The molecule has 1 saturated heterocycles. The zero-order valence-corrected chi connectivity index (χ0v) is 16.3.